The summed E-state index contributed by atoms with van der Waals surface area (Å²) in [5.41, 5.74) is 0.670. The Morgan fingerprint density at radius 1 is 1.28 bits per heavy atom. The van der Waals surface area contributed by atoms with Gasteiger partial charge in [-0.15, -0.1) is 0 Å². The Labute approximate surface area is 171 Å². The molecule has 3 heterocycles. The lowest BCUT2D eigenvalue weighted by Gasteiger charge is -2.36. The highest BCUT2D eigenvalue weighted by molar-refractivity contribution is 5.95. The molecule has 8 heteroatoms. The van der Waals surface area contributed by atoms with E-state index in [9.17, 15) is 9.59 Å². The first kappa shape index (κ1) is 20.8. The number of nitrogens with one attached hydrogen (secondary N) is 1. The molecule has 156 valence electrons. The maximum Gasteiger partial charge on any atom is 0.410 e. The van der Waals surface area contributed by atoms with E-state index in [4.69, 9.17) is 4.74 Å². The third-order valence-corrected chi connectivity index (χ3v) is 4.87. The SMILES string of the molecule is Cc1c(C(=O)NCC2CCCCN2C(=O)OC(C)(C)C)cnn1-c1ccccn1. The van der Waals surface area contributed by atoms with Crippen LogP contribution < -0.4 is 5.32 Å². The van der Waals surface area contributed by atoms with Gasteiger partial charge in [-0.3, -0.25) is 4.79 Å². The number of aromatic nitrogens is 3. The molecule has 2 aromatic rings. The first-order valence-electron chi connectivity index (χ1n) is 10.00. The van der Waals surface area contributed by atoms with E-state index >= 15 is 0 Å². The van der Waals surface area contributed by atoms with Gasteiger partial charge >= 0.3 is 6.09 Å². The van der Waals surface area contributed by atoms with Gasteiger partial charge in [-0.2, -0.15) is 5.10 Å². The zero-order valence-corrected chi connectivity index (χ0v) is 17.5. The van der Waals surface area contributed by atoms with Gasteiger partial charge in [-0.05, 0) is 59.1 Å². The molecular formula is C21H29N5O3. The van der Waals surface area contributed by atoms with Crippen molar-refractivity contribution in [2.75, 3.05) is 13.1 Å². The van der Waals surface area contributed by atoms with E-state index in [0.29, 0.717) is 30.2 Å². The number of hydrogen-bond donors (Lipinski definition) is 1. The van der Waals surface area contributed by atoms with Crippen LogP contribution in [0.25, 0.3) is 5.82 Å². The maximum atomic E-state index is 12.7. The number of pyridine rings is 1. The Morgan fingerprint density at radius 2 is 2.07 bits per heavy atom. The second-order valence-electron chi connectivity index (χ2n) is 8.28. The Balaban J connectivity index is 1.65. The predicted octanol–water partition coefficient (Wildman–Crippen LogP) is 3.10. The maximum absolute atomic E-state index is 12.7. The molecule has 1 atom stereocenters. The van der Waals surface area contributed by atoms with E-state index in [1.54, 1.807) is 22.0 Å². The van der Waals surface area contributed by atoms with E-state index < -0.39 is 5.60 Å². The molecule has 2 aromatic heterocycles. The van der Waals surface area contributed by atoms with Crippen LogP contribution in [-0.2, 0) is 4.74 Å². The third-order valence-electron chi connectivity index (χ3n) is 4.87. The predicted molar refractivity (Wildman–Crippen MR) is 109 cm³/mol. The smallest absolute Gasteiger partial charge is 0.410 e. The molecule has 0 aliphatic carbocycles. The number of nitrogens with zero attached hydrogens (tertiary/aromatic N) is 4. The van der Waals surface area contributed by atoms with Gasteiger partial charge in [0.15, 0.2) is 5.82 Å². The average molecular weight is 399 g/mol. The number of carbonyl (C=O) groups excluding carboxylic acids is 2. The molecule has 0 aromatic carbocycles. The molecule has 1 aliphatic rings. The lowest BCUT2D eigenvalue weighted by Crippen LogP contribution is -2.50. The van der Waals surface area contributed by atoms with Gasteiger partial charge in [0, 0.05) is 19.3 Å². The molecule has 1 N–H and O–H groups in total. The largest absolute Gasteiger partial charge is 0.444 e. The highest BCUT2D eigenvalue weighted by Crippen LogP contribution is 2.20. The molecule has 3 rings (SSSR count). The van der Waals surface area contributed by atoms with Crippen molar-refractivity contribution in [3.05, 3.63) is 41.9 Å². The zero-order valence-electron chi connectivity index (χ0n) is 17.5. The van der Waals surface area contributed by atoms with Crippen LogP contribution in [0.4, 0.5) is 4.79 Å². The first-order chi connectivity index (χ1) is 13.8. The number of amides is 2. The number of carbonyl (C=O) groups is 2. The summed E-state index contributed by atoms with van der Waals surface area (Å²) in [4.78, 5) is 31.3. The highest BCUT2D eigenvalue weighted by Gasteiger charge is 2.31. The molecule has 1 aliphatic heterocycles. The lowest BCUT2D eigenvalue weighted by molar-refractivity contribution is 0.00986. The van der Waals surface area contributed by atoms with Crippen molar-refractivity contribution in [1.29, 1.82) is 0 Å². The van der Waals surface area contributed by atoms with Crippen LogP contribution in [0.3, 0.4) is 0 Å². The lowest BCUT2D eigenvalue weighted by atomic mass is 10.0. The molecule has 0 saturated carbocycles. The molecular weight excluding hydrogens is 370 g/mol. The van der Waals surface area contributed by atoms with E-state index in [1.807, 2.05) is 45.9 Å². The fourth-order valence-corrected chi connectivity index (χ4v) is 3.42. The average Bonchev–Trinajstić information content (AvgIpc) is 3.07. The van der Waals surface area contributed by atoms with Crippen LogP contribution >= 0.6 is 0 Å². The van der Waals surface area contributed by atoms with Crippen molar-refractivity contribution in [1.82, 2.24) is 25.0 Å². The molecule has 1 fully saturated rings. The second-order valence-corrected chi connectivity index (χ2v) is 8.28. The van der Waals surface area contributed by atoms with Crippen molar-refractivity contribution in [3.63, 3.8) is 0 Å². The van der Waals surface area contributed by atoms with Crippen molar-refractivity contribution in [2.45, 2.75) is 58.6 Å². The van der Waals surface area contributed by atoms with Gasteiger partial charge < -0.3 is 15.0 Å². The summed E-state index contributed by atoms with van der Waals surface area (Å²) in [6, 6.07) is 5.46. The van der Waals surface area contributed by atoms with Gasteiger partial charge in [0.05, 0.1) is 23.5 Å². The summed E-state index contributed by atoms with van der Waals surface area (Å²) in [6.45, 7) is 8.43. The van der Waals surface area contributed by atoms with Crippen molar-refractivity contribution in [2.24, 2.45) is 0 Å². The second kappa shape index (κ2) is 8.63. The van der Waals surface area contributed by atoms with E-state index in [-0.39, 0.29) is 18.0 Å². The molecule has 0 spiro atoms. The monoisotopic (exact) mass is 399 g/mol. The van der Waals surface area contributed by atoms with Crippen molar-refractivity contribution in [3.8, 4) is 5.82 Å². The molecule has 0 bridgehead atoms. The minimum absolute atomic E-state index is 0.0753. The minimum atomic E-state index is -0.542. The summed E-state index contributed by atoms with van der Waals surface area (Å²) >= 11 is 0. The molecule has 8 nitrogen and oxygen atoms in total. The molecule has 0 radical (unpaired) electrons. The Hall–Kier alpha value is -2.90. The van der Waals surface area contributed by atoms with E-state index in [0.717, 1.165) is 19.3 Å². The van der Waals surface area contributed by atoms with Gasteiger partial charge in [-0.25, -0.2) is 14.5 Å². The van der Waals surface area contributed by atoms with E-state index in [1.165, 1.54) is 0 Å². The minimum Gasteiger partial charge on any atom is -0.444 e. The summed E-state index contributed by atoms with van der Waals surface area (Å²) in [5.74, 6) is 0.451. The number of rotatable bonds is 4. The van der Waals surface area contributed by atoms with E-state index in [2.05, 4.69) is 15.4 Å². The Morgan fingerprint density at radius 3 is 2.76 bits per heavy atom. The summed E-state index contributed by atoms with van der Waals surface area (Å²) in [7, 11) is 0. The van der Waals surface area contributed by atoms with Crippen LogP contribution in [0.2, 0.25) is 0 Å². The molecule has 1 saturated heterocycles. The Bertz CT molecular complexity index is 857. The topological polar surface area (TPSA) is 89.4 Å². The first-order valence-corrected chi connectivity index (χ1v) is 10.00. The van der Waals surface area contributed by atoms with Gasteiger partial charge in [0.2, 0.25) is 0 Å². The third kappa shape index (κ3) is 5.13. The normalized spacial score (nSPS) is 17.1. The van der Waals surface area contributed by atoms with Crippen LogP contribution in [-0.4, -0.2) is 56.4 Å². The molecule has 2 amide bonds. The Kier molecular flexibility index (Phi) is 6.20. The summed E-state index contributed by atoms with van der Waals surface area (Å²) in [5, 5.41) is 7.25. The van der Waals surface area contributed by atoms with Gasteiger partial charge in [-0.1, -0.05) is 6.07 Å². The van der Waals surface area contributed by atoms with Gasteiger partial charge in [0.1, 0.15) is 5.60 Å². The fraction of sp³-hybridized carbons (Fsp3) is 0.524. The molecule has 1 unspecified atom stereocenters. The van der Waals surface area contributed by atoms with Crippen LogP contribution in [0.1, 0.15) is 56.1 Å². The van der Waals surface area contributed by atoms with Crippen molar-refractivity contribution >= 4 is 12.0 Å². The van der Waals surface area contributed by atoms with Crippen LogP contribution in [0.15, 0.2) is 30.6 Å². The van der Waals surface area contributed by atoms with Gasteiger partial charge in [0.25, 0.3) is 5.91 Å². The standard InChI is InChI=1S/C21H29N5O3/c1-15-17(14-24-26(15)18-10-5-7-11-22-18)19(27)23-13-16-9-6-8-12-25(16)20(28)29-21(2,3)4/h5,7,10-11,14,16H,6,8-9,12-13H2,1-4H3,(H,23,27). The van der Waals surface area contributed by atoms with Crippen molar-refractivity contribution < 1.29 is 14.3 Å². The number of ether oxygens (including phenoxy) is 1. The summed E-state index contributed by atoms with van der Waals surface area (Å²) < 4.78 is 7.17. The van der Waals surface area contributed by atoms with Crippen LogP contribution in [0, 0.1) is 6.92 Å². The van der Waals surface area contributed by atoms with Crippen LogP contribution in [0.5, 0.6) is 0 Å². The number of likely N-dealkylation sites (tertiary alicyclic amines) is 1. The fourth-order valence-electron chi connectivity index (χ4n) is 3.42. The quantitative estimate of drug-likeness (QED) is 0.853. The summed E-state index contributed by atoms with van der Waals surface area (Å²) in [6.07, 6.45) is 5.72. The number of hydrogen-bond acceptors (Lipinski definition) is 5. The zero-order chi connectivity index (χ0) is 21.0. The molecule has 29 heavy (non-hydrogen) atoms. The number of piperidine rings is 1. The highest BCUT2D eigenvalue weighted by atomic mass is 16.6.